The maximum Gasteiger partial charge on any atom is 0.321 e. The zero-order valence-electron chi connectivity index (χ0n) is 11.6. The summed E-state index contributed by atoms with van der Waals surface area (Å²) in [5.74, 6) is 2.02. The number of hydrogen-bond acceptors (Lipinski definition) is 6. The smallest absolute Gasteiger partial charge is 0.321 e. The van der Waals surface area contributed by atoms with Crippen LogP contribution in [0.1, 0.15) is 25.5 Å². The van der Waals surface area contributed by atoms with Gasteiger partial charge in [-0.05, 0) is 13.8 Å². The summed E-state index contributed by atoms with van der Waals surface area (Å²) in [6.45, 7) is 3.86. The fourth-order valence-electron chi connectivity index (χ4n) is 1.56. The minimum absolute atomic E-state index is 0.0214. The van der Waals surface area contributed by atoms with Gasteiger partial charge in [0.25, 0.3) is 0 Å². The number of ether oxygens (including phenoxy) is 1. The molecule has 0 radical (unpaired) electrons. The van der Waals surface area contributed by atoms with E-state index in [4.69, 9.17) is 4.74 Å². The normalized spacial score (nSPS) is 10.8. The van der Waals surface area contributed by atoms with E-state index in [0.29, 0.717) is 24.2 Å². The van der Waals surface area contributed by atoms with Crippen molar-refractivity contribution in [1.29, 1.82) is 0 Å². The van der Waals surface area contributed by atoms with Crippen LogP contribution in [0.5, 0.6) is 6.01 Å². The topological polar surface area (TPSA) is 77.8 Å². The number of nitrogens with one attached hydrogen (secondary N) is 1. The summed E-state index contributed by atoms with van der Waals surface area (Å²) in [6.07, 6.45) is 4.20. The largest absolute Gasteiger partial charge is 0.461 e. The number of aryl methyl sites for hydroxylation is 1. The predicted octanol–water partition coefficient (Wildman–Crippen LogP) is 1.02. The Bertz CT molecular complexity index is 551. The molecule has 0 spiro atoms. The third kappa shape index (κ3) is 3.40. The second kappa shape index (κ2) is 5.64. The molecule has 2 aromatic heterocycles. The Morgan fingerprint density at radius 1 is 1.32 bits per heavy atom. The van der Waals surface area contributed by atoms with Crippen LogP contribution in [0.15, 0.2) is 12.4 Å². The Morgan fingerprint density at radius 2 is 2.11 bits per heavy atom. The van der Waals surface area contributed by atoms with Gasteiger partial charge in [-0.15, -0.1) is 0 Å². The summed E-state index contributed by atoms with van der Waals surface area (Å²) in [4.78, 5) is 17.0. The predicted molar refractivity (Wildman–Crippen MR) is 71.2 cm³/mol. The first-order valence-electron chi connectivity index (χ1n) is 6.14. The van der Waals surface area contributed by atoms with E-state index in [1.807, 2.05) is 31.7 Å². The Labute approximate surface area is 112 Å². The summed E-state index contributed by atoms with van der Waals surface area (Å²) >= 11 is 0. The number of nitrogens with zero attached hydrogens (tertiary/aromatic N) is 5. The molecular weight excluding hydrogens is 244 g/mol. The van der Waals surface area contributed by atoms with Crippen molar-refractivity contribution in [2.75, 3.05) is 12.4 Å². The standard InChI is InChI=1S/C12H18N6O/c1-8(2)19-12-16-9(15-11(13-3)17-12)7-10-14-5-6-18(10)4/h5-6,8H,7H2,1-4H3,(H,13,15,16,17). The van der Waals surface area contributed by atoms with E-state index >= 15 is 0 Å². The van der Waals surface area contributed by atoms with Crippen molar-refractivity contribution >= 4 is 5.95 Å². The first-order chi connectivity index (χ1) is 9.08. The van der Waals surface area contributed by atoms with Crippen molar-refractivity contribution < 1.29 is 4.74 Å². The van der Waals surface area contributed by atoms with Crippen LogP contribution in [0.25, 0.3) is 0 Å². The molecule has 0 aliphatic carbocycles. The highest BCUT2D eigenvalue weighted by Gasteiger charge is 2.10. The second-order valence-corrected chi connectivity index (χ2v) is 4.41. The molecular formula is C12H18N6O. The second-order valence-electron chi connectivity index (χ2n) is 4.41. The summed E-state index contributed by atoms with van der Waals surface area (Å²) in [5.41, 5.74) is 0. The van der Waals surface area contributed by atoms with Gasteiger partial charge in [0.15, 0.2) is 0 Å². The van der Waals surface area contributed by atoms with Gasteiger partial charge in [-0.25, -0.2) is 4.98 Å². The molecule has 19 heavy (non-hydrogen) atoms. The van der Waals surface area contributed by atoms with E-state index in [1.165, 1.54) is 0 Å². The lowest BCUT2D eigenvalue weighted by atomic mass is 10.4. The van der Waals surface area contributed by atoms with E-state index in [0.717, 1.165) is 5.82 Å². The van der Waals surface area contributed by atoms with Gasteiger partial charge in [-0.1, -0.05) is 0 Å². The molecule has 0 fully saturated rings. The number of hydrogen-bond donors (Lipinski definition) is 1. The lowest BCUT2D eigenvalue weighted by Crippen LogP contribution is -2.13. The van der Waals surface area contributed by atoms with Gasteiger partial charge < -0.3 is 14.6 Å². The summed E-state index contributed by atoms with van der Waals surface area (Å²) in [7, 11) is 3.70. The fourth-order valence-corrected chi connectivity index (χ4v) is 1.56. The third-order valence-electron chi connectivity index (χ3n) is 2.46. The van der Waals surface area contributed by atoms with Crippen LogP contribution in [0, 0.1) is 0 Å². The van der Waals surface area contributed by atoms with E-state index in [2.05, 4.69) is 25.3 Å². The SMILES string of the molecule is CNc1nc(Cc2nccn2C)nc(OC(C)C)n1. The fraction of sp³-hybridized carbons (Fsp3) is 0.500. The Balaban J connectivity index is 2.26. The van der Waals surface area contributed by atoms with E-state index in [1.54, 1.807) is 13.2 Å². The lowest BCUT2D eigenvalue weighted by molar-refractivity contribution is 0.221. The van der Waals surface area contributed by atoms with Gasteiger partial charge in [-0.2, -0.15) is 15.0 Å². The van der Waals surface area contributed by atoms with E-state index in [9.17, 15) is 0 Å². The highest BCUT2D eigenvalue weighted by Crippen LogP contribution is 2.11. The molecule has 1 N–H and O–H groups in total. The Morgan fingerprint density at radius 3 is 2.68 bits per heavy atom. The van der Waals surface area contributed by atoms with Crippen molar-refractivity contribution in [2.45, 2.75) is 26.4 Å². The van der Waals surface area contributed by atoms with Crippen LogP contribution in [0.4, 0.5) is 5.95 Å². The molecule has 0 aromatic carbocycles. The number of imidazole rings is 1. The van der Waals surface area contributed by atoms with Gasteiger partial charge in [0.1, 0.15) is 11.6 Å². The molecule has 0 bridgehead atoms. The quantitative estimate of drug-likeness (QED) is 0.867. The van der Waals surface area contributed by atoms with Crippen LogP contribution in [0.3, 0.4) is 0 Å². The van der Waals surface area contributed by atoms with Crippen molar-refractivity contribution in [3.63, 3.8) is 0 Å². The Kier molecular flexibility index (Phi) is 3.94. The molecule has 0 aliphatic heterocycles. The first-order valence-corrected chi connectivity index (χ1v) is 6.14. The molecule has 7 heteroatoms. The third-order valence-corrected chi connectivity index (χ3v) is 2.46. The average Bonchev–Trinajstić information content (AvgIpc) is 2.74. The molecule has 0 amide bonds. The van der Waals surface area contributed by atoms with Gasteiger partial charge in [0, 0.05) is 26.5 Å². The maximum absolute atomic E-state index is 5.52. The molecule has 0 saturated heterocycles. The van der Waals surface area contributed by atoms with E-state index < -0.39 is 0 Å². The average molecular weight is 262 g/mol. The highest BCUT2D eigenvalue weighted by atomic mass is 16.5. The molecule has 0 saturated carbocycles. The zero-order valence-corrected chi connectivity index (χ0v) is 11.6. The summed E-state index contributed by atoms with van der Waals surface area (Å²) < 4.78 is 7.45. The summed E-state index contributed by atoms with van der Waals surface area (Å²) in [5, 5.41) is 2.91. The van der Waals surface area contributed by atoms with Crippen LogP contribution in [-0.2, 0) is 13.5 Å². The zero-order chi connectivity index (χ0) is 13.8. The minimum atomic E-state index is 0.0214. The highest BCUT2D eigenvalue weighted by molar-refractivity contribution is 5.25. The summed E-state index contributed by atoms with van der Waals surface area (Å²) in [6, 6.07) is 0.332. The first kappa shape index (κ1) is 13.3. The molecule has 2 heterocycles. The number of rotatable bonds is 5. The lowest BCUT2D eigenvalue weighted by Gasteiger charge is -2.10. The van der Waals surface area contributed by atoms with Crippen LogP contribution in [-0.4, -0.2) is 37.7 Å². The minimum Gasteiger partial charge on any atom is -0.461 e. The molecule has 102 valence electrons. The van der Waals surface area contributed by atoms with Gasteiger partial charge >= 0.3 is 6.01 Å². The number of anilines is 1. The van der Waals surface area contributed by atoms with Crippen molar-refractivity contribution in [3.8, 4) is 6.01 Å². The number of aromatic nitrogens is 5. The molecule has 0 atom stereocenters. The monoisotopic (exact) mass is 262 g/mol. The van der Waals surface area contributed by atoms with Crippen molar-refractivity contribution in [1.82, 2.24) is 24.5 Å². The van der Waals surface area contributed by atoms with E-state index in [-0.39, 0.29) is 6.10 Å². The van der Waals surface area contributed by atoms with Gasteiger partial charge in [0.05, 0.1) is 12.5 Å². The van der Waals surface area contributed by atoms with Crippen LogP contribution in [0.2, 0.25) is 0 Å². The molecule has 2 aromatic rings. The molecule has 0 unspecified atom stereocenters. The molecule has 2 rings (SSSR count). The molecule has 0 aliphatic rings. The van der Waals surface area contributed by atoms with Crippen LogP contribution < -0.4 is 10.1 Å². The van der Waals surface area contributed by atoms with Gasteiger partial charge in [-0.3, -0.25) is 0 Å². The maximum atomic E-state index is 5.52. The van der Waals surface area contributed by atoms with Crippen molar-refractivity contribution in [2.24, 2.45) is 7.05 Å². The molecule has 7 nitrogen and oxygen atoms in total. The van der Waals surface area contributed by atoms with Crippen LogP contribution >= 0.6 is 0 Å². The van der Waals surface area contributed by atoms with Crippen molar-refractivity contribution in [3.05, 3.63) is 24.0 Å². The van der Waals surface area contributed by atoms with Gasteiger partial charge in [0.2, 0.25) is 5.95 Å². The Hall–Kier alpha value is -2.18.